The molecule has 0 aliphatic heterocycles. The van der Waals surface area contributed by atoms with E-state index in [0.29, 0.717) is 0 Å². The van der Waals surface area contributed by atoms with Gasteiger partial charge in [-0.1, -0.05) is 29.8 Å². The van der Waals surface area contributed by atoms with Gasteiger partial charge in [0, 0.05) is 5.69 Å². The molecule has 0 radical (unpaired) electrons. The number of halogens is 2. The molecule has 0 aliphatic carbocycles. The second-order valence-electron chi connectivity index (χ2n) is 5.42. The van der Waals surface area contributed by atoms with E-state index in [2.05, 4.69) is 5.32 Å². The van der Waals surface area contributed by atoms with Crippen molar-refractivity contribution in [3.8, 4) is 0 Å². The zero-order chi connectivity index (χ0) is 18.7. The van der Waals surface area contributed by atoms with Gasteiger partial charge in [0.15, 0.2) is 15.6 Å². The van der Waals surface area contributed by atoms with Crippen molar-refractivity contribution < 1.29 is 22.0 Å². The lowest BCUT2D eigenvalue weighted by Gasteiger charge is -2.04. The van der Waals surface area contributed by atoms with Crippen LogP contribution >= 0.6 is 11.6 Å². The van der Waals surface area contributed by atoms with E-state index < -0.39 is 21.6 Å². The molecule has 0 aliphatic rings. The summed E-state index contributed by atoms with van der Waals surface area (Å²) in [5.41, 5.74) is 0.201. The minimum absolute atomic E-state index is 0.0607. The van der Waals surface area contributed by atoms with Gasteiger partial charge in [-0.3, -0.25) is 4.79 Å². The highest BCUT2D eigenvalue weighted by atomic mass is 35.5. The Morgan fingerprint density at radius 1 is 1.08 bits per heavy atom. The van der Waals surface area contributed by atoms with Crippen molar-refractivity contribution in [1.82, 2.24) is 0 Å². The minimum Gasteiger partial charge on any atom is -0.455 e. The summed E-state index contributed by atoms with van der Waals surface area (Å²) in [6.07, 6.45) is 0. The Morgan fingerprint density at radius 3 is 2.50 bits per heavy atom. The zero-order valence-electron chi connectivity index (χ0n) is 13.3. The molecule has 1 aromatic heterocycles. The predicted molar refractivity (Wildman–Crippen MR) is 95.4 cm³/mol. The maximum atomic E-state index is 13.4. The summed E-state index contributed by atoms with van der Waals surface area (Å²) >= 11 is 5.59. The molecule has 1 amide bonds. The van der Waals surface area contributed by atoms with Gasteiger partial charge in [0.2, 0.25) is 0 Å². The van der Waals surface area contributed by atoms with Gasteiger partial charge in [-0.15, -0.1) is 0 Å². The number of hydrogen-bond donors (Lipinski definition) is 1. The van der Waals surface area contributed by atoms with E-state index in [-0.39, 0.29) is 32.9 Å². The molecule has 3 aromatic rings. The number of carbonyl (C=O) groups excluding carboxylic acids is 1. The van der Waals surface area contributed by atoms with Crippen LogP contribution in [0.1, 0.15) is 16.3 Å². The lowest BCUT2D eigenvalue weighted by molar-refractivity contribution is 0.0995. The summed E-state index contributed by atoms with van der Waals surface area (Å²) in [4.78, 5) is 12.3. The Balaban J connectivity index is 1.73. The van der Waals surface area contributed by atoms with Crippen molar-refractivity contribution in [3.05, 3.63) is 83.0 Å². The summed E-state index contributed by atoms with van der Waals surface area (Å²) in [6, 6.07) is 14.5. The molecular weight excluding hydrogens is 381 g/mol. The van der Waals surface area contributed by atoms with Crippen LogP contribution in [-0.4, -0.2) is 14.3 Å². The molecule has 8 heteroatoms. The first kappa shape index (κ1) is 18.2. The molecular formula is C18H13ClFNO4S. The Hall–Kier alpha value is -2.64. The van der Waals surface area contributed by atoms with Gasteiger partial charge < -0.3 is 9.73 Å². The van der Waals surface area contributed by atoms with Crippen molar-refractivity contribution in [2.45, 2.75) is 10.6 Å². The van der Waals surface area contributed by atoms with Crippen LogP contribution in [0.3, 0.4) is 0 Å². The fourth-order valence-electron chi connectivity index (χ4n) is 2.24. The Morgan fingerprint density at radius 2 is 1.81 bits per heavy atom. The van der Waals surface area contributed by atoms with Crippen LogP contribution in [0, 0.1) is 5.82 Å². The molecule has 26 heavy (non-hydrogen) atoms. The van der Waals surface area contributed by atoms with Crippen LogP contribution < -0.4 is 5.32 Å². The van der Waals surface area contributed by atoms with Crippen molar-refractivity contribution in [1.29, 1.82) is 0 Å². The van der Waals surface area contributed by atoms with E-state index in [9.17, 15) is 17.6 Å². The normalized spacial score (nSPS) is 11.3. The smallest absolute Gasteiger partial charge is 0.291 e. The number of anilines is 1. The quantitative estimate of drug-likeness (QED) is 0.701. The van der Waals surface area contributed by atoms with Gasteiger partial charge in [-0.25, -0.2) is 12.8 Å². The average molecular weight is 394 g/mol. The third-order valence-corrected chi connectivity index (χ3v) is 5.46. The molecule has 0 atom stereocenters. The largest absolute Gasteiger partial charge is 0.455 e. The SMILES string of the molecule is O=C(Nc1ccc(Cl)c(F)c1)c1ccc(CS(=O)(=O)c2ccccc2)o1. The van der Waals surface area contributed by atoms with Crippen LogP contribution in [0.4, 0.5) is 10.1 Å². The third-order valence-electron chi connectivity index (χ3n) is 3.50. The molecule has 1 heterocycles. The Kier molecular flexibility index (Phi) is 5.11. The van der Waals surface area contributed by atoms with E-state index in [4.69, 9.17) is 16.0 Å². The van der Waals surface area contributed by atoms with Crippen LogP contribution in [-0.2, 0) is 15.6 Å². The molecule has 0 unspecified atom stereocenters. The van der Waals surface area contributed by atoms with Crippen molar-refractivity contribution in [2.75, 3.05) is 5.32 Å². The molecule has 0 saturated carbocycles. The van der Waals surface area contributed by atoms with Gasteiger partial charge >= 0.3 is 0 Å². The highest BCUT2D eigenvalue weighted by Gasteiger charge is 2.19. The number of hydrogen-bond acceptors (Lipinski definition) is 4. The van der Waals surface area contributed by atoms with E-state index in [1.165, 1.54) is 36.4 Å². The molecule has 0 spiro atoms. The van der Waals surface area contributed by atoms with E-state index >= 15 is 0 Å². The lowest BCUT2D eigenvalue weighted by Crippen LogP contribution is -2.11. The number of furan rings is 1. The average Bonchev–Trinajstić information content (AvgIpc) is 3.07. The van der Waals surface area contributed by atoms with E-state index in [1.807, 2.05) is 0 Å². The minimum atomic E-state index is -3.58. The van der Waals surface area contributed by atoms with Crippen molar-refractivity contribution in [3.63, 3.8) is 0 Å². The fourth-order valence-corrected chi connectivity index (χ4v) is 3.63. The summed E-state index contributed by atoms with van der Waals surface area (Å²) in [5, 5.41) is 2.39. The number of rotatable bonds is 5. The van der Waals surface area contributed by atoms with Crippen LogP contribution in [0.25, 0.3) is 0 Å². The monoisotopic (exact) mass is 393 g/mol. The molecule has 2 aromatic carbocycles. The Labute approximate surface area is 154 Å². The second kappa shape index (κ2) is 7.31. The molecule has 0 fully saturated rings. The van der Waals surface area contributed by atoms with Gasteiger partial charge in [0.1, 0.15) is 17.3 Å². The molecule has 134 valence electrons. The Bertz CT molecular complexity index is 1050. The van der Waals surface area contributed by atoms with E-state index in [0.717, 1.165) is 6.07 Å². The van der Waals surface area contributed by atoms with Crippen molar-refractivity contribution >= 4 is 33.0 Å². The summed E-state index contributed by atoms with van der Waals surface area (Å²) < 4.78 is 43.4. The topological polar surface area (TPSA) is 76.4 Å². The fraction of sp³-hybridized carbons (Fsp3) is 0.0556. The number of sulfone groups is 1. The molecule has 0 bridgehead atoms. The zero-order valence-corrected chi connectivity index (χ0v) is 14.9. The van der Waals surface area contributed by atoms with Crippen LogP contribution in [0.15, 0.2) is 70.0 Å². The summed E-state index contributed by atoms with van der Waals surface area (Å²) in [6.45, 7) is 0. The molecule has 5 nitrogen and oxygen atoms in total. The lowest BCUT2D eigenvalue weighted by atomic mass is 10.3. The van der Waals surface area contributed by atoms with E-state index in [1.54, 1.807) is 18.2 Å². The predicted octanol–water partition coefficient (Wildman–Crippen LogP) is 4.30. The van der Waals surface area contributed by atoms with Gasteiger partial charge in [0.25, 0.3) is 5.91 Å². The number of benzene rings is 2. The maximum Gasteiger partial charge on any atom is 0.291 e. The highest BCUT2D eigenvalue weighted by Crippen LogP contribution is 2.21. The first-order valence-corrected chi connectivity index (χ1v) is 9.51. The van der Waals surface area contributed by atoms with Gasteiger partial charge in [-0.2, -0.15) is 0 Å². The second-order valence-corrected chi connectivity index (χ2v) is 7.82. The third kappa shape index (κ3) is 4.12. The number of carbonyl (C=O) groups is 1. The van der Waals surface area contributed by atoms with Crippen LogP contribution in [0.2, 0.25) is 5.02 Å². The first-order valence-electron chi connectivity index (χ1n) is 7.48. The first-order chi connectivity index (χ1) is 12.3. The highest BCUT2D eigenvalue weighted by molar-refractivity contribution is 7.90. The molecule has 0 saturated heterocycles. The summed E-state index contributed by atoms with van der Waals surface area (Å²) in [7, 11) is -3.58. The molecule has 3 rings (SSSR count). The number of nitrogens with one attached hydrogen (secondary N) is 1. The van der Waals surface area contributed by atoms with Crippen molar-refractivity contribution in [2.24, 2.45) is 0 Å². The number of amides is 1. The standard InChI is InChI=1S/C18H13ClFNO4S/c19-15-8-6-12(10-16(15)20)21-18(22)17-9-7-13(25-17)11-26(23,24)14-4-2-1-3-5-14/h1-10H,11H2,(H,21,22). The molecule has 1 N–H and O–H groups in total. The maximum absolute atomic E-state index is 13.4. The van der Waals surface area contributed by atoms with Gasteiger partial charge in [-0.05, 0) is 42.5 Å². The van der Waals surface area contributed by atoms with Gasteiger partial charge in [0.05, 0.1) is 9.92 Å². The van der Waals surface area contributed by atoms with Crippen LogP contribution in [0.5, 0.6) is 0 Å². The summed E-state index contributed by atoms with van der Waals surface area (Å²) in [5.74, 6) is -1.63.